The van der Waals surface area contributed by atoms with Crippen LogP contribution in [-0.4, -0.2) is 31.1 Å². The third-order valence-electron chi connectivity index (χ3n) is 4.41. The fourth-order valence-electron chi connectivity index (χ4n) is 3.15. The lowest BCUT2D eigenvalue weighted by Crippen LogP contribution is -2.45. The summed E-state index contributed by atoms with van der Waals surface area (Å²) in [5.41, 5.74) is -0.571. The molecule has 0 aromatic heterocycles. The number of hydrogen-bond donors (Lipinski definition) is 1. The van der Waals surface area contributed by atoms with E-state index in [-0.39, 0.29) is 6.04 Å². The van der Waals surface area contributed by atoms with E-state index in [1.807, 2.05) is 6.08 Å². The minimum absolute atomic E-state index is 0.0475. The van der Waals surface area contributed by atoms with Crippen molar-refractivity contribution < 1.29 is 17.6 Å². The zero-order valence-electron chi connectivity index (χ0n) is 13.7. The van der Waals surface area contributed by atoms with Gasteiger partial charge in [0.25, 0.3) is 0 Å². The Morgan fingerprint density at radius 1 is 1.21 bits per heavy atom. The third-order valence-corrected chi connectivity index (χ3v) is 4.41. The van der Waals surface area contributed by atoms with E-state index in [0.29, 0.717) is 5.56 Å². The maximum atomic E-state index is 14.0. The van der Waals surface area contributed by atoms with E-state index in [0.717, 1.165) is 64.0 Å². The molecule has 1 aromatic carbocycles. The Morgan fingerprint density at radius 2 is 1.92 bits per heavy atom. The van der Waals surface area contributed by atoms with Gasteiger partial charge in [0.05, 0.1) is 5.56 Å². The molecule has 1 aromatic rings. The maximum Gasteiger partial charge on any atom is 0.419 e. The number of unbranched alkanes of at least 4 members (excludes halogenated alkanes) is 2. The van der Waals surface area contributed by atoms with Crippen LogP contribution in [0.1, 0.15) is 42.9 Å². The van der Waals surface area contributed by atoms with E-state index in [9.17, 15) is 17.6 Å². The van der Waals surface area contributed by atoms with Crippen molar-refractivity contribution >= 4 is 0 Å². The molecule has 1 aliphatic heterocycles. The Bertz CT molecular complexity index is 536. The molecule has 0 aliphatic carbocycles. The Balaban J connectivity index is 2.18. The van der Waals surface area contributed by atoms with Gasteiger partial charge in [0.2, 0.25) is 0 Å². The molecule has 1 aliphatic rings. The molecule has 1 atom stereocenters. The molecule has 6 heteroatoms. The summed E-state index contributed by atoms with van der Waals surface area (Å²) in [6.07, 6.45) is 0.835. The molecule has 2 rings (SSSR count). The summed E-state index contributed by atoms with van der Waals surface area (Å²) in [7, 11) is 0. The first-order chi connectivity index (χ1) is 11.4. The molecule has 1 heterocycles. The van der Waals surface area contributed by atoms with Gasteiger partial charge in [0, 0.05) is 32.2 Å². The fourth-order valence-corrected chi connectivity index (χ4v) is 3.15. The summed E-state index contributed by atoms with van der Waals surface area (Å²) in [5.74, 6) is -1.19. The average Bonchev–Trinajstić information content (AvgIpc) is 2.54. The van der Waals surface area contributed by atoms with Crippen molar-refractivity contribution in [2.45, 2.75) is 37.9 Å². The zero-order valence-corrected chi connectivity index (χ0v) is 13.7. The van der Waals surface area contributed by atoms with Gasteiger partial charge in [0.15, 0.2) is 0 Å². The van der Waals surface area contributed by atoms with E-state index >= 15 is 0 Å². The van der Waals surface area contributed by atoms with E-state index in [1.54, 1.807) is 0 Å². The molecular weight excluding hydrogens is 320 g/mol. The van der Waals surface area contributed by atoms with Crippen molar-refractivity contribution in [1.29, 1.82) is 0 Å². The van der Waals surface area contributed by atoms with E-state index < -0.39 is 17.6 Å². The quantitative estimate of drug-likeness (QED) is 0.444. The second kappa shape index (κ2) is 8.62. The molecule has 134 valence electrons. The Morgan fingerprint density at radius 3 is 2.50 bits per heavy atom. The molecule has 0 saturated carbocycles. The summed E-state index contributed by atoms with van der Waals surface area (Å²) in [6.45, 7) is 7.00. The summed E-state index contributed by atoms with van der Waals surface area (Å²) in [6, 6.07) is 3.30. The van der Waals surface area contributed by atoms with Gasteiger partial charge in [0.1, 0.15) is 5.82 Å². The van der Waals surface area contributed by atoms with Crippen LogP contribution in [0.3, 0.4) is 0 Å². The van der Waals surface area contributed by atoms with Gasteiger partial charge in [-0.3, -0.25) is 4.90 Å². The molecule has 0 unspecified atom stereocenters. The molecular formula is C18H24F4N2. The lowest BCUT2D eigenvalue weighted by atomic mass is 9.96. The normalized spacial score (nSPS) is 17.7. The summed E-state index contributed by atoms with van der Waals surface area (Å²) in [5, 5.41) is 3.26. The highest BCUT2D eigenvalue weighted by molar-refractivity contribution is 5.28. The van der Waals surface area contributed by atoms with Crippen molar-refractivity contribution in [2.75, 3.05) is 26.2 Å². The van der Waals surface area contributed by atoms with Crippen molar-refractivity contribution in [3.8, 4) is 0 Å². The second-order valence-corrected chi connectivity index (χ2v) is 6.11. The second-order valence-electron chi connectivity index (χ2n) is 6.11. The van der Waals surface area contributed by atoms with Gasteiger partial charge in [-0.25, -0.2) is 4.39 Å². The topological polar surface area (TPSA) is 15.3 Å². The predicted molar refractivity (Wildman–Crippen MR) is 87.3 cm³/mol. The lowest BCUT2D eigenvalue weighted by Gasteiger charge is -2.35. The number of benzene rings is 1. The number of alkyl halides is 3. The highest BCUT2D eigenvalue weighted by Gasteiger charge is 2.34. The van der Waals surface area contributed by atoms with Crippen molar-refractivity contribution in [3.63, 3.8) is 0 Å². The molecule has 0 radical (unpaired) electrons. The van der Waals surface area contributed by atoms with E-state index in [1.165, 1.54) is 6.07 Å². The van der Waals surface area contributed by atoms with E-state index in [2.05, 4.69) is 16.8 Å². The summed E-state index contributed by atoms with van der Waals surface area (Å²) >= 11 is 0. The Labute approximate surface area is 140 Å². The number of allylic oxidation sites excluding steroid dienone is 1. The first kappa shape index (κ1) is 18.9. The predicted octanol–water partition coefficient (Wildman–Crippen LogP) is 4.54. The summed E-state index contributed by atoms with van der Waals surface area (Å²) in [4.78, 5) is 2.23. The highest BCUT2D eigenvalue weighted by Crippen LogP contribution is 2.34. The molecule has 0 bridgehead atoms. The van der Waals surface area contributed by atoms with Gasteiger partial charge in [-0.05, 0) is 37.0 Å². The smallest absolute Gasteiger partial charge is 0.314 e. The fraction of sp³-hybridized carbons (Fsp3) is 0.556. The first-order valence-corrected chi connectivity index (χ1v) is 8.36. The van der Waals surface area contributed by atoms with Gasteiger partial charge in [-0.1, -0.05) is 18.6 Å². The van der Waals surface area contributed by atoms with Crippen LogP contribution in [0.5, 0.6) is 0 Å². The van der Waals surface area contributed by atoms with E-state index in [4.69, 9.17) is 0 Å². The lowest BCUT2D eigenvalue weighted by molar-refractivity contribution is -0.140. The molecule has 0 amide bonds. The monoisotopic (exact) mass is 344 g/mol. The van der Waals surface area contributed by atoms with Gasteiger partial charge >= 0.3 is 6.18 Å². The molecule has 1 N–H and O–H groups in total. The van der Waals surface area contributed by atoms with Crippen LogP contribution < -0.4 is 5.32 Å². The van der Waals surface area contributed by atoms with Crippen molar-refractivity contribution in [2.24, 2.45) is 0 Å². The van der Waals surface area contributed by atoms with Crippen LogP contribution in [0.2, 0.25) is 0 Å². The van der Waals surface area contributed by atoms with Crippen molar-refractivity contribution in [3.05, 3.63) is 47.8 Å². The molecule has 2 nitrogen and oxygen atoms in total. The number of nitrogens with one attached hydrogen (secondary N) is 1. The van der Waals surface area contributed by atoms with Gasteiger partial charge < -0.3 is 5.32 Å². The van der Waals surface area contributed by atoms with Gasteiger partial charge in [-0.2, -0.15) is 13.2 Å². The third kappa shape index (κ3) is 5.05. The number of halogens is 4. The first-order valence-electron chi connectivity index (χ1n) is 8.36. The standard InChI is InChI=1S/C18H24F4N2/c1-2-3-4-5-6-17(24-11-9-23-10-12-24)14-7-8-15(16(19)13-14)18(20,21)22/h2,7-8,13,17,23H,1,3-6,9-12H2/t17-/m1/s1. The van der Waals surface area contributed by atoms with Crippen LogP contribution in [0.25, 0.3) is 0 Å². The minimum Gasteiger partial charge on any atom is -0.314 e. The largest absolute Gasteiger partial charge is 0.419 e. The molecule has 0 spiro atoms. The molecule has 1 saturated heterocycles. The highest BCUT2D eigenvalue weighted by atomic mass is 19.4. The number of rotatable bonds is 7. The summed E-state index contributed by atoms with van der Waals surface area (Å²) < 4.78 is 52.2. The SMILES string of the molecule is C=CCCCC[C@H](c1ccc(C(F)(F)F)c(F)c1)N1CCNCC1. The average molecular weight is 344 g/mol. The number of piperazine rings is 1. The van der Waals surface area contributed by atoms with Gasteiger partial charge in [-0.15, -0.1) is 6.58 Å². The van der Waals surface area contributed by atoms with Crippen LogP contribution in [0.15, 0.2) is 30.9 Å². The van der Waals surface area contributed by atoms with Crippen LogP contribution in [-0.2, 0) is 6.18 Å². The van der Waals surface area contributed by atoms with Crippen LogP contribution >= 0.6 is 0 Å². The number of nitrogens with zero attached hydrogens (tertiary/aromatic N) is 1. The van der Waals surface area contributed by atoms with Crippen LogP contribution in [0.4, 0.5) is 17.6 Å². The Kier molecular flexibility index (Phi) is 6.80. The Hall–Kier alpha value is -1.40. The van der Waals surface area contributed by atoms with Crippen molar-refractivity contribution in [1.82, 2.24) is 10.2 Å². The number of hydrogen-bond acceptors (Lipinski definition) is 2. The van der Waals surface area contributed by atoms with Crippen LogP contribution in [0, 0.1) is 5.82 Å². The minimum atomic E-state index is -4.66. The zero-order chi connectivity index (χ0) is 17.6. The molecule has 24 heavy (non-hydrogen) atoms. The maximum absolute atomic E-state index is 14.0. The molecule has 1 fully saturated rings.